The van der Waals surface area contributed by atoms with Crippen LogP contribution in [0.5, 0.6) is 0 Å². The molecule has 0 heterocycles. The number of aryl methyl sites for hydroxylation is 1. The van der Waals surface area contributed by atoms with E-state index in [0.717, 1.165) is 12.1 Å². The van der Waals surface area contributed by atoms with Gasteiger partial charge in [0, 0.05) is 10.6 Å². The van der Waals surface area contributed by atoms with Gasteiger partial charge < -0.3 is 11.5 Å². The zero-order chi connectivity index (χ0) is 9.84. The average molecular weight is 196 g/mol. The number of benzene rings is 1. The molecular formula is C10H16N2S. The van der Waals surface area contributed by atoms with Gasteiger partial charge in [-0.15, -0.1) is 11.8 Å². The van der Waals surface area contributed by atoms with E-state index >= 15 is 0 Å². The summed E-state index contributed by atoms with van der Waals surface area (Å²) in [6.45, 7) is 2.71. The van der Waals surface area contributed by atoms with E-state index in [4.69, 9.17) is 11.5 Å². The van der Waals surface area contributed by atoms with Crippen molar-refractivity contribution in [2.24, 2.45) is 5.73 Å². The zero-order valence-corrected chi connectivity index (χ0v) is 8.95. The second-order valence-corrected chi connectivity index (χ2v) is 3.92. The van der Waals surface area contributed by atoms with Crippen LogP contribution in [-0.4, -0.2) is 12.8 Å². The van der Waals surface area contributed by atoms with Crippen LogP contribution in [0.1, 0.15) is 11.1 Å². The zero-order valence-electron chi connectivity index (χ0n) is 8.13. The van der Waals surface area contributed by atoms with Crippen molar-refractivity contribution in [2.45, 2.75) is 18.2 Å². The maximum atomic E-state index is 5.91. The molecule has 1 aromatic carbocycles. The summed E-state index contributed by atoms with van der Waals surface area (Å²) >= 11 is 1.73. The topological polar surface area (TPSA) is 52.0 Å². The van der Waals surface area contributed by atoms with Crippen molar-refractivity contribution in [2.75, 3.05) is 18.5 Å². The van der Waals surface area contributed by atoms with Gasteiger partial charge in [0.2, 0.25) is 0 Å². The molecule has 0 fully saturated rings. The van der Waals surface area contributed by atoms with E-state index in [1.807, 2.05) is 6.07 Å². The van der Waals surface area contributed by atoms with E-state index in [1.54, 1.807) is 11.8 Å². The molecule has 72 valence electrons. The minimum absolute atomic E-state index is 0.654. The summed E-state index contributed by atoms with van der Waals surface area (Å²) in [5.41, 5.74) is 14.7. The molecule has 2 nitrogen and oxygen atoms in total. The van der Waals surface area contributed by atoms with E-state index in [9.17, 15) is 0 Å². The summed E-state index contributed by atoms with van der Waals surface area (Å²) in [5, 5.41) is 0. The van der Waals surface area contributed by atoms with Crippen molar-refractivity contribution in [1.29, 1.82) is 0 Å². The third-order valence-corrected chi connectivity index (χ3v) is 2.81. The molecule has 1 rings (SSSR count). The number of nitrogens with two attached hydrogens (primary N) is 2. The second kappa shape index (κ2) is 4.53. The predicted octanol–water partition coefficient (Wildman–Crippen LogP) is 1.80. The normalized spacial score (nSPS) is 10.4. The van der Waals surface area contributed by atoms with Crippen LogP contribution in [-0.2, 0) is 6.42 Å². The number of nitrogen functional groups attached to an aromatic ring is 1. The van der Waals surface area contributed by atoms with Crippen LogP contribution >= 0.6 is 11.8 Å². The Morgan fingerprint density at radius 3 is 2.62 bits per heavy atom. The maximum Gasteiger partial charge on any atom is 0.0360 e. The van der Waals surface area contributed by atoms with E-state index in [0.29, 0.717) is 6.54 Å². The van der Waals surface area contributed by atoms with Crippen LogP contribution in [0.25, 0.3) is 0 Å². The average Bonchev–Trinajstić information content (AvgIpc) is 2.09. The molecule has 0 bridgehead atoms. The molecule has 0 atom stereocenters. The number of anilines is 1. The van der Waals surface area contributed by atoms with Crippen LogP contribution in [0.2, 0.25) is 0 Å². The highest BCUT2D eigenvalue weighted by Gasteiger charge is 2.05. The summed E-state index contributed by atoms with van der Waals surface area (Å²) < 4.78 is 0. The quantitative estimate of drug-likeness (QED) is 0.572. The first-order valence-corrected chi connectivity index (χ1v) is 5.54. The van der Waals surface area contributed by atoms with Gasteiger partial charge in [0.05, 0.1) is 0 Å². The van der Waals surface area contributed by atoms with E-state index in [1.165, 1.54) is 16.0 Å². The molecule has 3 heteroatoms. The molecule has 4 N–H and O–H groups in total. The number of rotatable bonds is 3. The van der Waals surface area contributed by atoms with Gasteiger partial charge in [0.15, 0.2) is 0 Å². The Morgan fingerprint density at radius 1 is 1.38 bits per heavy atom. The Labute approximate surface area is 83.7 Å². The van der Waals surface area contributed by atoms with Gasteiger partial charge in [-0.25, -0.2) is 0 Å². The Morgan fingerprint density at radius 2 is 2.08 bits per heavy atom. The van der Waals surface area contributed by atoms with Gasteiger partial charge in [0.25, 0.3) is 0 Å². The summed E-state index contributed by atoms with van der Waals surface area (Å²) in [5.74, 6) is 0. The third-order valence-electron chi connectivity index (χ3n) is 2.00. The van der Waals surface area contributed by atoms with Gasteiger partial charge >= 0.3 is 0 Å². The summed E-state index contributed by atoms with van der Waals surface area (Å²) in [6, 6.07) is 4.16. The largest absolute Gasteiger partial charge is 0.398 e. The Balaban J connectivity index is 3.13. The fraction of sp³-hybridized carbons (Fsp3) is 0.400. The molecule has 0 radical (unpaired) electrons. The SMILES string of the molecule is CSc1cc(C)cc(N)c1CCN. The predicted molar refractivity (Wildman–Crippen MR) is 60.1 cm³/mol. The summed E-state index contributed by atoms with van der Waals surface area (Å²) in [4.78, 5) is 1.25. The van der Waals surface area contributed by atoms with Crippen molar-refractivity contribution < 1.29 is 0 Å². The van der Waals surface area contributed by atoms with E-state index in [2.05, 4.69) is 19.2 Å². The monoisotopic (exact) mass is 196 g/mol. The van der Waals surface area contributed by atoms with Crippen LogP contribution < -0.4 is 11.5 Å². The lowest BCUT2D eigenvalue weighted by Gasteiger charge is -2.10. The van der Waals surface area contributed by atoms with Crippen LogP contribution in [0, 0.1) is 6.92 Å². The molecule has 0 amide bonds. The van der Waals surface area contributed by atoms with Gasteiger partial charge in [-0.2, -0.15) is 0 Å². The lowest BCUT2D eigenvalue weighted by Crippen LogP contribution is -2.06. The maximum absolute atomic E-state index is 5.91. The Kier molecular flexibility index (Phi) is 3.63. The van der Waals surface area contributed by atoms with Gasteiger partial charge in [0.1, 0.15) is 0 Å². The molecule has 0 aliphatic rings. The Bertz CT molecular complexity index is 297. The second-order valence-electron chi connectivity index (χ2n) is 3.07. The fourth-order valence-electron chi connectivity index (χ4n) is 1.40. The van der Waals surface area contributed by atoms with Crippen molar-refractivity contribution in [1.82, 2.24) is 0 Å². The van der Waals surface area contributed by atoms with E-state index in [-0.39, 0.29) is 0 Å². The molecule has 0 spiro atoms. The highest BCUT2D eigenvalue weighted by molar-refractivity contribution is 7.98. The summed E-state index contributed by atoms with van der Waals surface area (Å²) in [7, 11) is 0. The smallest absolute Gasteiger partial charge is 0.0360 e. The molecule has 0 saturated carbocycles. The molecule has 0 unspecified atom stereocenters. The van der Waals surface area contributed by atoms with Crippen molar-refractivity contribution in [3.8, 4) is 0 Å². The molecule has 0 aromatic heterocycles. The number of hydrogen-bond acceptors (Lipinski definition) is 3. The summed E-state index contributed by atoms with van der Waals surface area (Å²) in [6.07, 6.45) is 2.93. The highest BCUT2D eigenvalue weighted by atomic mass is 32.2. The highest BCUT2D eigenvalue weighted by Crippen LogP contribution is 2.27. The van der Waals surface area contributed by atoms with Crippen LogP contribution in [0.4, 0.5) is 5.69 Å². The lowest BCUT2D eigenvalue weighted by atomic mass is 10.1. The molecular weight excluding hydrogens is 180 g/mol. The first-order valence-electron chi connectivity index (χ1n) is 4.32. The number of thioether (sulfide) groups is 1. The van der Waals surface area contributed by atoms with E-state index < -0.39 is 0 Å². The first kappa shape index (κ1) is 10.4. The van der Waals surface area contributed by atoms with Crippen molar-refractivity contribution in [3.05, 3.63) is 23.3 Å². The first-order chi connectivity index (χ1) is 6.19. The van der Waals surface area contributed by atoms with Crippen molar-refractivity contribution in [3.63, 3.8) is 0 Å². The number of hydrogen-bond donors (Lipinski definition) is 2. The Hall–Kier alpha value is -0.670. The van der Waals surface area contributed by atoms with Crippen LogP contribution in [0.3, 0.4) is 0 Å². The molecule has 13 heavy (non-hydrogen) atoms. The minimum Gasteiger partial charge on any atom is -0.398 e. The van der Waals surface area contributed by atoms with Gasteiger partial charge in [-0.3, -0.25) is 0 Å². The molecule has 0 aliphatic heterocycles. The fourth-order valence-corrected chi connectivity index (χ4v) is 2.17. The third kappa shape index (κ3) is 2.39. The molecule has 0 aliphatic carbocycles. The van der Waals surface area contributed by atoms with Crippen LogP contribution in [0.15, 0.2) is 17.0 Å². The molecule has 1 aromatic rings. The van der Waals surface area contributed by atoms with Gasteiger partial charge in [-0.05, 0) is 49.4 Å². The minimum atomic E-state index is 0.654. The van der Waals surface area contributed by atoms with Gasteiger partial charge in [-0.1, -0.05) is 0 Å². The standard InChI is InChI=1S/C10H16N2S/c1-7-5-9(12)8(3-4-11)10(6-7)13-2/h5-6H,3-4,11-12H2,1-2H3. The molecule has 0 saturated heterocycles. The lowest BCUT2D eigenvalue weighted by molar-refractivity contribution is 0.946. The van der Waals surface area contributed by atoms with Crippen molar-refractivity contribution >= 4 is 17.4 Å².